The van der Waals surface area contributed by atoms with E-state index in [0.29, 0.717) is 4.88 Å². The van der Waals surface area contributed by atoms with Crippen LogP contribution in [0.1, 0.15) is 18.7 Å². The van der Waals surface area contributed by atoms with Gasteiger partial charge in [0.1, 0.15) is 4.21 Å². The molecule has 0 amide bonds. The van der Waals surface area contributed by atoms with Crippen LogP contribution in [0.15, 0.2) is 10.3 Å². The molecule has 3 nitrogen and oxygen atoms in total. The van der Waals surface area contributed by atoms with Crippen molar-refractivity contribution in [1.29, 1.82) is 4.78 Å². The third-order valence-corrected chi connectivity index (χ3v) is 4.94. The van der Waals surface area contributed by atoms with E-state index in [1.165, 1.54) is 13.8 Å². The summed E-state index contributed by atoms with van der Waals surface area (Å²) in [6, 6.07) is 1.14. The SMILES string of the molecule is CC(C)(O)c1cc(F)c(S(C)(=N)=O)s1. The number of rotatable bonds is 2. The van der Waals surface area contributed by atoms with E-state index in [1.807, 2.05) is 0 Å². The van der Waals surface area contributed by atoms with Crippen molar-refractivity contribution in [2.45, 2.75) is 23.7 Å². The van der Waals surface area contributed by atoms with Crippen LogP contribution < -0.4 is 0 Å². The van der Waals surface area contributed by atoms with E-state index >= 15 is 0 Å². The van der Waals surface area contributed by atoms with Gasteiger partial charge in [0.15, 0.2) is 5.82 Å². The summed E-state index contributed by atoms with van der Waals surface area (Å²) in [6.07, 6.45) is 1.16. The van der Waals surface area contributed by atoms with Gasteiger partial charge >= 0.3 is 0 Å². The number of hydrogen-bond donors (Lipinski definition) is 2. The van der Waals surface area contributed by atoms with Gasteiger partial charge in [-0.25, -0.2) is 13.4 Å². The van der Waals surface area contributed by atoms with E-state index < -0.39 is 21.1 Å². The fourth-order valence-electron chi connectivity index (χ4n) is 0.919. The first kappa shape index (κ1) is 11.6. The quantitative estimate of drug-likeness (QED) is 0.828. The first-order valence-corrected chi connectivity index (χ1v) is 6.66. The lowest BCUT2D eigenvalue weighted by molar-refractivity contribution is 0.0823. The molecule has 80 valence electrons. The largest absolute Gasteiger partial charge is 0.385 e. The third-order valence-electron chi connectivity index (χ3n) is 1.61. The molecule has 14 heavy (non-hydrogen) atoms. The Bertz CT molecular complexity index is 442. The zero-order valence-electron chi connectivity index (χ0n) is 8.13. The Labute approximate surface area is 86.6 Å². The molecule has 0 aliphatic carbocycles. The van der Waals surface area contributed by atoms with Gasteiger partial charge in [0.2, 0.25) is 0 Å². The van der Waals surface area contributed by atoms with E-state index in [2.05, 4.69) is 0 Å². The summed E-state index contributed by atoms with van der Waals surface area (Å²) in [6.45, 7) is 3.03. The Morgan fingerprint density at radius 1 is 1.64 bits per heavy atom. The summed E-state index contributed by atoms with van der Waals surface area (Å²) in [4.78, 5) is 0.381. The first-order chi connectivity index (χ1) is 6.12. The van der Waals surface area contributed by atoms with Gasteiger partial charge in [-0.3, -0.25) is 0 Å². The second-order valence-corrected chi connectivity index (χ2v) is 7.05. The second kappa shape index (κ2) is 3.29. The Morgan fingerprint density at radius 2 is 2.14 bits per heavy atom. The maximum Gasteiger partial charge on any atom is 0.151 e. The van der Waals surface area contributed by atoms with E-state index in [4.69, 9.17) is 4.78 Å². The minimum absolute atomic E-state index is 0.102. The van der Waals surface area contributed by atoms with Crippen molar-refractivity contribution in [3.8, 4) is 0 Å². The lowest BCUT2D eigenvalue weighted by Gasteiger charge is -2.13. The molecule has 1 atom stereocenters. The number of halogens is 1. The predicted molar refractivity (Wildman–Crippen MR) is 54.6 cm³/mol. The van der Waals surface area contributed by atoms with Gasteiger partial charge in [-0.15, -0.1) is 11.3 Å². The lowest BCUT2D eigenvalue weighted by atomic mass is 10.1. The molecule has 1 aromatic heterocycles. The van der Waals surface area contributed by atoms with Crippen LogP contribution >= 0.6 is 11.3 Å². The molecule has 0 aliphatic heterocycles. The van der Waals surface area contributed by atoms with Gasteiger partial charge in [-0.2, -0.15) is 0 Å². The van der Waals surface area contributed by atoms with E-state index in [-0.39, 0.29) is 4.21 Å². The molecule has 0 spiro atoms. The molecule has 0 bridgehead atoms. The molecule has 1 rings (SSSR count). The monoisotopic (exact) mass is 237 g/mol. The smallest absolute Gasteiger partial charge is 0.151 e. The maximum atomic E-state index is 13.2. The van der Waals surface area contributed by atoms with Crippen LogP contribution in [0.2, 0.25) is 0 Å². The molecule has 0 radical (unpaired) electrons. The van der Waals surface area contributed by atoms with Crippen molar-refractivity contribution in [3.05, 3.63) is 16.8 Å². The molecule has 0 fully saturated rings. The number of hydrogen-bond acceptors (Lipinski definition) is 4. The van der Waals surface area contributed by atoms with Crippen molar-refractivity contribution in [2.75, 3.05) is 6.26 Å². The number of thiophene rings is 1. The van der Waals surface area contributed by atoms with Crippen molar-refractivity contribution in [1.82, 2.24) is 0 Å². The molecule has 0 aliphatic rings. The van der Waals surface area contributed by atoms with Gasteiger partial charge in [0, 0.05) is 11.1 Å². The lowest BCUT2D eigenvalue weighted by Crippen LogP contribution is -2.12. The van der Waals surface area contributed by atoms with Crippen LogP contribution in [0.5, 0.6) is 0 Å². The molecule has 0 saturated heterocycles. The Morgan fingerprint density at radius 3 is 2.36 bits per heavy atom. The Kier molecular flexibility index (Phi) is 2.73. The third kappa shape index (κ3) is 2.31. The van der Waals surface area contributed by atoms with Gasteiger partial charge < -0.3 is 5.11 Å². The highest BCUT2D eigenvalue weighted by atomic mass is 32.2. The topological polar surface area (TPSA) is 61.1 Å². The molecule has 1 heterocycles. The Balaban J connectivity index is 3.33. The second-order valence-electron chi connectivity index (χ2n) is 3.65. The Hall–Kier alpha value is -0.460. The molecule has 6 heteroatoms. The highest BCUT2D eigenvalue weighted by Crippen LogP contribution is 2.32. The fraction of sp³-hybridized carbons (Fsp3) is 0.500. The van der Waals surface area contributed by atoms with E-state index in [9.17, 15) is 13.7 Å². The normalized spacial score (nSPS) is 16.6. The van der Waals surface area contributed by atoms with Crippen LogP contribution in [0.25, 0.3) is 0 Å². The van der Waals surface area contributed by atoms with Gasteiger partial charge in [-0.05, 0) is 19.9 Å². The zero-order chi connectivity index (χ0) is 11.1. The van der Waals surface area contributed by atoms with Crippen molar-refractivity contribution >= 4 is 21.1 Å². The van der Waals surface area contributed by atoms with Gasteiger partial charge in [0.05, 0.1) is 15.3 Å². The molecular formula is C8H12FNO2S2. The standard InChI is InChI=1S/C8H12FNO2S2/c1-8(2,11)6-4-5(9)7(13-6)14(3,10)12/h4,10-11H,1-3H3. The summed E-state index contributed by atoms with van der Waals surface area (Å²) in [5.74, 6) is -0.672. The van der Waals surface area contributed by atoms with Crippen LogP contribution in [-0.4, -0.2) is 15.6 Å². The van der Waals surface area contributed by atoms with Gasteiger partial charge in [0.25, 0.3) is 0 Å². The van der Waals surface area contributed by atoms with Crippen molar-refractivity contribution in [2.24, 2.45) is 0 Å². The van der Waals surface area contributed by atoms with Crippen LogP contribution in [0.3, 0.4) is 0 Å². The van der Waals surface area contributed by atoms with Crippen LogP contribution in [-0.2, 0) is 15.3 Å². The molecule has 0 aromatic carbocycles. The van der Waals surface area contributed by atoms with Gasteiger partial charge in [-0.1, -0.05) is 0 Å². The van der Waals surface area contributed by atoms with Crippen molar-refractivity contribution < 1.29 is 13.7 Å². The molecule has 1 unspecified atom stereocenters. The molecule has 0 saturated carbocycles. The zero-order valence-corrected chi connectivity index (χ0v) is 9.76. The highest BCUT2D eigenvalue weighted by Gasteiger charge is 2.24. The number of aliphatic hydroxyl groups is 1. The highest BCUT2D eigenvalue weighted by molar-refractivity contribution is 7.93. The number of nitrogens with one attached hydrogen (secondary N) is 1. The molecular weight excluding hydrogens is 225 g/mol. The van der Waals surface area contributed by atoms with Crippen LogP contribution in [0, 0.1) is 10.6 Å². The summed E-state index contributed by atoms with van der Waals surface area (Å²) < 4.78 is 31.7. The fourth-order valence-corrected chi connectivity index (χ4v) is 3.02. The minimum atomic E-state index is -3.04. The summed E-state index contributed by atoms with van der Waals surface area (Å²) in [5.41, 5.74) is -1.16. The van der Waals surface area contributed by atoms with E-state index in [0.717, 1.165) is 23.7 Å². The average molecular weight is 237 g/mol. The average Bonchev–Trinajstić information content (AvgIpc) is 2.27. The van der Waals surface area contributed by atoms with Crippen LogP contribution in [0.4, 0.5) is 4.39 Å². The summed E-state index contributed by atoms with van der Waals surface area (Å²) >= 11 is 0.885. The molecule has 2 N–H and O–H groups in total. The first-order valence-electron chi connectivity index (χ1n) is 3.88. The maximum absolute atomic E-state index is 13.2. The predicted octanol–water partition coefficient (Wildman–Crippen LogP) is 2.15. The summed E-state index contributed by atoms with van der Waals surface area (Å²) in [7, 11) is -3.04. The minimum Gasteiger partial charge on any atom is -0.385 e. The van der Waals surface area contributed by atoms with Crippen molar-refractivity contribution in [3.63, 3.8) is 0 Å². The molecule has 1 aromatic rings. The van der Waals surface area contributed by atoms with E-state index in [1.54, 1.807) is 0 Å². The summed E-state index contributed by atoms with van der Waals surface area (Å²) in [5, 5.41) is 9.58.